The van der Waals surface area contributed by atoms with Crippen LogP contribution in [0.3, 0.4) is 0 Å². The second-order valence-corrected chi connectivity index (χ2v) is 8.28. The maximum atomic E-state index is 13.6. The first-order valence-corrected chi connectivity index (χ1v) is 10.6. The topological polar surface area (TPSA) is 101 Å². The van der Waals surface area contributed by atoms with E-state index < -0.39 is 0 Å². The number of likely N-dealkylation sites (N-methyl/N-ethyl adjacent to an activating group) is 1. The number of benzene rings is 1. The van der Waals surface area contributed by atoms with Gasteiger partial charge in [-0.25, -0.2) is 19.3 Å². The minimum absolute atomic E-state index is 0.165. The van der Waals surface area contributed by atoms with Crippen molar-refractivity contribution < 1.29 is 9.18 Å². The summed E-state index contributed by atoms with van der Waals surface area (Å²) >= 11 is 0. The van der Waals surface area contributed by atoms with Gasteiger partial charge in [0.1, 0.15) is 11.5 Å². The number of nitrogens with two attached hydrogens (primary N) is 1. The standard InChI is InChI=1S/C24H26FN7O/c1-15(2)28-24-27-10-8-19(29-24)23-22(17-4-6-18(25)7-5-17)30-21-12-16(9-11-32(21)23)13-31(3)14-20(26)33/h4-12,15H,13-14H2,1-3H3,(H2,26,33)(H,27,28,29). The highest BCUT2D eigenvalue weighted by Gasteiger charge is 2.18. The van der Waals surface area contributed by atoms with E-state index in [1.165, 1.54) is 12.1 Å². The van der Waals surface area contributed by atoms with Crippen LogP contribution in [0, 0.1) is 5.82 Å². The van der Waals surface area contributed by atoms with Gasteiger partial charge in [0.05, 0.1) is 23.6 Å². The SMILES string of the molecule is CC(C)Nc1nccc(-c2c(-c3ccc(F)cc3)nc3cc(CN(C)CC(N)=O)ccn23)n1. The number of carbonyl (C=O) groups is 1. The lowest BCUT2D eigenvalue weighted by Gasteiger charge is -2.14. The highest BCUT2D eigenvalue weighted by atomic mass is 19.1. The van der Waals surface area contributed by atoms with E-state index in [1.807, 2.05) is 54.6 Å². The fraction of sp³-hybridized carbons (Fsp3) is 0.250. The summed E-state index contributed by atoms with van der Waals surface area (Å²) in [6.45, 7) is 4.75. The van der Waals surface area contributed by atoms with Crippen LogP contribution in [0.4, 0.5) is 10.3 Å². The Morgan fingerprint density at radius 2 is 1.94 bits per heavy atom. The Hall–Kier alpha value is -3.85. The summed E-state index contributed by atoms with van der Waals surface area (Å²) in [5, 5.41) is 3.22. The predicted octanol–water partition coefficient (Wildman–Crippen LogP) is 3.33. The zero-order chi connectivity index (χ0) is 23.5. The zero-order valence-electron chi connectivity index (χ0n) is 18.8. The van der Waals surface area contributed by atoms with E-state index in [-0.39, 0.29) is 24.3 Å². The average Bonchev–Trinajstić information content (AvgIpc) is 3.12. The number of rotatable bonds is 8. The quantitative estimate of drug-likeness (QED) is 0.430. The first-order chi connectivity index (χ1) is 15.8. The van der Waals surface area contributed by atoms with Crippen LogP contribution < -0.4 is 11.1 Å². The second-order valence-electron chi connectivity index (χ2n) is 8.28. The Balaban J connectivity index is 1.83. The smallest absolute Gasteiger partial charge is 0.231 e. The summed E-state index contributed by atoms with van der Waals surface area (Å²) in [4.78, 5) is 26.9. The molecule has 0 bridgehead atoms. The number of halogens is 1. The molecule has 3 N–H and O–H groups in total. The molecule has 33 heavy (non-hydrogen) atoms. The number of nitrogens with zero attached hydrogens (tertiary/aromatic N) is 5. The fourth-order valence-electron chi connectivity index (χ4n) is 3.69. The molecule has 1 aromatic carbocycles. The van der Waals surface area contributed by atoms with Gasteiger partial charge < -0.3 is 11.1 Å². The van der Waals surface area contributed by atoms with Gasteiger partial charge >= 0.3 is 0 Å². The Morgan fingerprint density at radius 3 is 2.64 bits per heavy atom. The zero-order valence-corrected chi connectivity index (χ0v) is 18.8. The normalized spacial score (nSPS) is 11.5. The molecule has 0 radical (unpaired) electrons. The molecular weight excluding hydrogens is 421 g/mol. The minimum atomic E-state index is -0.380. The molecular formula is C24H26FN7O. The van der Waals surface area contributed by atoms with E-state index >= 15 is 0 Å². The highest BCUT2D eigenvalue weighted by molar-refractivity contribution is 5.81. The van der Waals surface area contributed by atoms with Crippen LogP contribution in [0.25, 0.3) is 28.3 Å². The monoisotopic (exact) mass is 447 g/mol. The van der Waals surface area contributed by atoms with Crippen LogP contribution in [-0.4, -0.2) is 49.8 Å². The van der Waals surface area contributed by atoms with Crippen molar-refractivity contribution in [1.29, 1.82) is 0 Å². The molecule has 3 aromatic heterocycles. The van der Waals surface area contributed by atoms with Crippen LogP contribution in [0.15, 0.2) is 54.9 Å². The number of hydrogen-bond donors (Lipinski definition) is 2. The van der Waals surface area contributed by atoms with Gasteiger partial charge in [-0.15, -0.1) is 0 Å². The van der Waals surface area contributed by atoms with Crippen LogP contribution in [0.1, 0.15) is 19.4 Å². The summed E-state index contributed by atoms with van der Waals surface area (Å²) in [5.74, 6) is -0.170. The van der Waals surface area contributed by atoms with Crippen molar-refractivity contribution >= 4 is 17.5 Å². The molecule has 0 aliphatic rings. The second kappa shape index (κ2) is 9.33. The van der Waals surface area contributed by atoms with E-state index in [1.54, 1.807) is 18.3 Å². The molecule has 0 saturated heterocycles. The largest absolute Gasteiger partial charge is 0.369 e. The number of hydrogen-bond acceptors (Lipinski definition) is 6. The van der Waals surface area contributed by atoms with Crippen molar-refractivity contribution in [2.45, 2.75) is 26.4 Å². The molecule has 0 atom stereocenters. The number of carbonyl (C=O) groups excluding carboxylic acids is 1. The molecule has 9 heteroatoms. The third-order valence-electron chi connectivity index (χ3n) is 5.00. The van der Waals surface area contributed by atoms with Crippen molar-refractivity contribution in [3.63, 3.8) is 0 Å². The maximum absolute atomic E-state index is 13.6. The van der Waals surface area contributed by atoms with Crippen molar-refractivity contribution in [2.24, 2.45) is 5.73 Å². The van der Waals surface area contributed by atoms with Crippen LogP contribution in [0.2, 0.25) is 0 Å². The van der Waals surface area contributed by atoms with Gasteiger partial charge in [0.15, 0.2) is 0 Å². The summed E-state index contributed by atoms with van der Waals surface area (Å²) in [5.41, 5.74) is 9.94. The number of fused-ring (bicyclic) bond motifs is 1. The Labute approximate surface area is 191 Å². The van der Waals surface area contributed by atoms with Crippen molar-refractivity contribution in [1.82, 2.24) is 24.3 Å². The van der Waals surface area contributed by atoms with E-state index in [0.717, 1.165) is 16.8 Å². The summed E-state index contributed by atoms with van der Waals surface area (Å²) < 4.78 is 15.5. The summed E-state index contributed by atoms with van der Waals surface area (Å²) in [6.07, 6.45) is 3.63. The molecule has 170 valence electrons. The van der Waals surface area contributed by atoms with Gasteiger partial charge in [0, 0.05) is 30.5 Å². The van der Waals surface area contributed by atoms with Gasteiger partial charge in [-0.3, -0.25) is 14.1 Å². The van der Waals surface area contributed by atoms with Crippen molar-refractivity contribution in [3.8, 4) is 22.6 Å². The summed E-state index contributed by atoms with van der Waals surface area (Å²) in [7, 11) is 1.83. The molecule has 0 aliphatic carbocycles. The molecule has 4 aromatic rings. The van der Waals surface area contributed by atoms with Crippen LogP contribution in [0.5, 0.6) is 0 Å². The first kappa shape index (κ1) is 22.3. The van der Waals surface area contributed by atoms with E-state index in [2.05, 4.69) is 10.3 Å². The number of aromatic nitrogens is 4. The molecule has 0 unspecified atom stereocenters. The molecule has 0 saturated carbocycles. The van der Waals surface area contributed by atoms with Gasteiger partial charge in [-0.1, -0.05) is 0 Å². The lowest BCUT2D eigenvalue weighted by Crippen LogP contribution is -2.30. The number of nitrogens with one attached hydrogen (secondary N) is 1. The lowest BCUT2D eigenvalue weighted by atomic mass is 10.1. The number of primary amides is 1. The number of amides is 1. The van der Waals surface area contributed by atoms with E-state index in [0.29, 0.717) is 29.5 Å². The molecule has 3 heterocycles. The number of pyridine rings is 1. The fourth-order valence-corrected chi connectivity index (χ4v) is 3.69. The van der Waals surface area contributed by atoms with Crippen LogP contribution in [-0.2, 0) is 11.3 Å². The molecule has 8 nitrogen and oxygen atoms in total. The van der Waals surface area contributed by atoms with E-state index in [4.69, 9.17) is 15.7 Å². The highest BCUT2D eigenvalue weighted by Crippen LogP contribution is 2.32. The van der Waals surface area contributed by atoms with Crippen molar-refractivity contribution in [3.05, 3.63) is 66.2 Å². The average molecular weight is 448 g/mol. The molecule has 0 aliphatic heterocycles. The Bertz CT molecular complexity index is 1280. The Morgan fingerprint density at radius 1 is 1.18 bits per heavy atom. The van der Waals surface area contributed by atoms with E-state index in [9.17, 15) is 9.18 Å². The van der Waals surface area contributed by atoms with Crippen molar-refractivity contribution in [2.75, 3.05) is 18.9 Å². The predicted molar refractivity (Wildman–Crippen MR) is 126 cm³/mol. The third kappa shape index (κ3) is 5.15. The van der Waals surface area contributed by atoms with Gasteiger partial charge in [0.25, 0.3) is 0 Å². The van der Waals surface area contributed by atoms with Gasteiger partial charge in [-0.2, -0.15) is 0 Å². The van der Waals surface area contributed by atoms with Crippen LogP contribution >= 0.6 is 0 Å². The number of anilines is 1. The minimum Gasteiger partial charge on any atom is -0.369 e. The molecule has 0 spiro atoms. The lowest BCUT2D eigenvalue weighted by molar-refractivity contribution is -0.118. The third-order valence-corrected chi connectivity index (χ3v) is 5.00. The maximum Gasteiger partial charge on any atom is 0.231 e. The molecule has 0 fully saturated rings. The summed E-state index contributed by atoms with van der Waals surface area (Å²) in [6, 6.07) is 12.2. The molecule has 1 amide bonds. The molecule has 4 rings (SSSR count). The number of imidazole rings is 1. The Kier molecular flexibility index (Phi) is 6.32. The van der Waals surface area contributed by atoms with Gasteiger partial charge in [0.2, 0.25) is 11.9 Å². The first-order valence-electron chi connectivity index (χ1n) is 10.6. The van der Waals surface area contributed by atoms with Gasteiger partial charge in [-0.05, 0) is 68.9 Å².